The smallest absolute Gasteiger partial charge is 0.249 e. The van der Waals surface area contributed by atoms with Crippen molar-refractivity contribution in [3.8, 4) is 0 Å². The second-order valence-corrected chi connectivity index (χ2v) is 3.84. The zero-order chi connectivity index (χ0) is 10.8. The van der Waals surface area contributed by atoms with E-state index in [9.17, 15) is 9.59 Å². The molecule has 2 N–H and O–H groups in total. The molecule has 1 aliphatic rings. The molecule has 1 amide bonds. The topological polar surface area (TPSA) is 60.2 Å². The number of hydrogen-bond acceptors (Lipinski definition) is 2. The molecule has 0 aromatic carbocycles. The van der Waals surface area contributed by atoms with Crippen LogP contribution >= 0.6 is 0 Å². The molecular weight excluding hydrogens is 178 g/mol. The summed E-state index contributed by atoms with van der Waals surface area (Å²) < 4.78 is 0. The lowest BCUT2D eigenvalue weighted by Gasteiger charge is -2.14. The number of allylic oxidation sites excluding steroid dienone is 4. The molecule has 0 spiro atoms. The van der Waals surface area contributed by atoms with E-state index in [2.05, 4.69) is 0 Å². The van der Waals surface area contributed by atoms with Crippen molar-refractivity contribution in [1.82, 2.24) is 0 Å². The van der Waals surface area contributed by atoms with Crippen molar-refractivity contribution in [3.63, 3.8) is 0 Å². The van der Waals surface area contributed by atoms with E-state index in [1.807, 2.05) is 19.9 Å². The molecule has 0 saturated carbocycles. The average Bonchev–Trinajstić information content (AvgIpc) is 2.23. The molecule has 0 saturated heterocycles. The number of carbonyl (C=O) groups is 2. The predicted octanol–water partition coefficient (Wildman–Crippen LogP) is 1.12. The second kappa shape index (κ2) is 3.62. The van der Waals surface area contributed by atoms with E-state index in [1.165, 1.54) is 0 Å². The fourth-order valence-corrected chi connectivity index (χ4v) is 1.31. The van der Waals surface area contributed by atoms with Crippen LogP contribution in [0.3, 0.4) is 0 Å². The normalized spacial score (nSPS) is 19.3. The van der Waals surface area contributed by atoms with Gasteiger partial charge in [-0.1, -0.05) is 38.2 Å². The number of hydrogen-bond donors (Lipinski definition) is 1. The Morgan fingerprint density at radius 3 is 2.64 bits per heavy atom. The van der Waals surface area contributed by atoms with Gasteiger partial charge in [-0.25, -0.2) is 0 Å². The molecule has 1 aliphatic carbocycles. The zero-order valence-corrected chi connectivity index (χ0v) is 8.28. The molecule has 0 heterocycles. The highest BCUT2D eigenvalue weighted by Crippen LogP contribution is 2.26. The fourth-order valence-electron chi connectivity index (χ4n) is 1.31. The standard InChI is InChI=1S/C11H13NO2/c1-11(2)5-3-4-8(7-13)9(6-11)10(12)14/h3-7H,1-2H3,(H2,12,14). The lowest BCUT2D eigenvalue weighted by molar-refractivity contribution is -0.115. The van der Waals surface area contributed by atoms with Crippen molar-refractivity contribution in [2.75, 3.05) is 0 Å². The van der Waals surface area contributed by atoms with E-state index in [0.717, 1.165) is 0 Å². The Hall–Kier alpha value is -1.64. The molecule has 0 aromatic heterocycles. The number of amides is 1. The van der Waals surface area contributed by atoms with Gasteiger partial charge in [0.05, 0.1) is 0 Å². The number of primary amides is 1. The van der Waals surface area contributed by atoms with E-state index in [1.54, 1.807) is 18.2 Å². The number of rotatable bonds is 2. The van der Waals surface area contributed by atoms with Gasteiger partial charge in [-0.3, -0.25) is 9.59 Å². The highest BCUT2D eigenvalue weighted by Gasteiger charge is 2.19. The summed E-state index contributed by atoms with van der Waals surface area (Å²) in [5.41, 5.74) is 5.55. The Kier molecular flexibility index (Phi) is 2.70. The Bertz CT molecular complexity index is 359. The van der Waals surface area contributed by atoms with Gasteiger partial charge in [0, 0.05) is 16.6 Å². The molecular formula is C11H13NO2. The lowest BCUT2D eigenvalue weighted by Crippen LogP contribution is -2.18. The van der Waals surface area contributed by atoms with Gasteiger partial charge in [-0.15, -0.1) is 0 Å². The van der Waals surface area contributed by atoms with Crippen LogP contribution in [0.15, 0.2) is 35.5 Å². The van der Waals surface area contributed by atoms with E-state index >= 15 is 0 Å². The largest absolute Gasteiger partial charge is 0.366 e. The summed E-state index contributed by atoms with van der Waals surface area (Å²) in [5, 5.41) is 0. The molecule has 0 aliphatic heterocycles. The van der Waals surface area contributed by atoms with Crippen LogP contribution in [0.5, 0.6) is 0 Å². The minimum atomic E-state index is -0.569. The van der Waals surface area contributed by atoms with Crippen molar-refractivity contribution < 1.29 is 9.59 Å². The Morgan fingerprint density at radius 1 is 1.50 bits per heavy atom. The summed E-state index contributed by atoms with van der Waals surface area (Å²) in [6, 6.07) is 0. The van der Waals surface area contributed by atoms with Crippen molar-refractivity contribution in [3.05, 3.63) is 35.5 Å². The molecule has 0 atom stereocenters. The third-order valence-corrected chi connectivity index (χ3v) is 2.02. The van der Waals surface area contributed by atoms with Gasteiger partial charge in [0.1, 0.15) is 0 Å². The second-order valence-electron chi connectivity index (χ2n) is 3.84. The molecule has 0 aromatic rings. The summed E-state index contributed by atoms with van der Waals surface area (Å²) in [7, 11) is 0. The maximum Gasteiger partial charge on any atom is 0.249 e. The van der Waals surface area contributed by atoms with Gasteiger partial charge >= 0.3 is 0 Å². The zero-order valence-electron chi connectivity index (χ0n) is 8.28. The third kappa shape index (κ3) is 2.19. The van der Waals surface area contributed by atoms with Crippen molar-refractivity contribution in [2.45, 2.75) is 13.8 Å². The van der Waals surface area contributed by atoms with Crippen molar-refractivity contribution in [1.29, 1.82) is 0 Å². The molecule has 0 radical (unpaired) electrons. The van der Waals surface area contributed by atoms with Gasteiger partial charge in [0.15, 0.2) is 6.29 Å². The minimum Gasteiger partial charge on any atom is -0.366 e. The monoisotopic (exact) mass is 191 g/mol. The highest BCUT2D eigenvalue weighted by molar-refractivity contribution is 6.04. The van der Waals surface area contributed by atoms with Crippen LogP contribution in [0.1, 0.15) is 13.8 Å². The first-order valence-corrected chi connectivity index (χ1v) is 4.34. The molecule has 1 rings (SSSR count). The van der Waals surface area contributed by atoms with Gasteiger partial charge < -0.3 is 5.73 Å². The number of aldehydes is 1. The highest BCUT2D eigenvalue weighted by atomic mass is 16.1. The van der Waals surface area contributed by atoms with E-state index < -0.39 is 5.91 Å². The summed E-state index contributed by atoms with van der Waals surface area (Å²) in [5.74, 6) is -0.569. The molecule has 74 valence electrons. The van der Waals surface area contributed by atoms with Crippen LogP contribution in [0.2, 0.25) is 0 Å². The van der Waals surface area contributed by atoms with Gasteiger partial charge in [-0.05, 0) is 0 Å². The quantitative estimate of drug-likeness (QED) is 0.665. The van der Waals surface area contributed by atoms with E-state index in [-0.39, 0.29) is 11.0 Å². The molecule has 3 heteroatoms. The van der Waals surface area contributed by atoms with Crippen LogP contribution in [0, 0.1) is 5.41 Å². The average molecular weight is 191 g/mol. The maximum absolute atomic E-state index is 11.1. The predicted molar refractivity (Wildman–Crippen MR) is 54.3 cm³/mol. The summed E-state index contributed by atoms with van der Waals surface area (Å²) >= 11 is 0. The Labute approximate surface area is 83.0 Å². The van der Waals surface area contributed by atoms with Crippen molar-refractivity contribution in [2.24, 2.45) is 11.1 Å². The number of carbonyl (C=O) groups excluding carboxylic acids is 2. The summed E-state index contributed by atoms with van der Waals surface area (Å²) in [6.07, 6.45) is 7.61. The molecule has 0 fully saturated rings. The molecule has 3 nitrogen and oxygen atoms in total. The lowest BCUT2D eigenvalue weighted by atomic mass is 9.90. The van der Waals surface area contributed by atoms with Crippen molar-refractivity contribution >= 4 is 12.2 Å². The molecule has 14 heavy (non-hydrogen) atoms. The van der Waals surface area contributed by atoms with Gasteiger partial charge in [-0.2, -0.15) is 0 Å². The van der Waals surface area contributed by atoms with E-state index in [4.69, 9.17) is 5.73 Å². The first kappa shape index (κ1) is 10.4. The number of nitrogens with two attached hydrogens (primary N) is 1. The van der Waals surface area contributed by atoms with Crippen LogP contribution in [0.25, 0.3) is 0 Å². The van der Waals surface area contributed by atoms with Gasteiger partial charge in [0.25, 0.3) is 0 Å². The maximum atomic E-state index is 11.1. The minimum absolute atomic E-state index is 0.258. The first-order valence-electron chi connectivity index (χ1n) is 4.34. The fraction of sp³-hybridized carbons (Fsp3) is 0.273. The molecule has 0 bridgehead atoms. The Balaban J connectivity index is 3.24. The Morgan fingerprint density at radius 2 is 2.14 bits per heavy atom. The summed E-state index contributed by atoms with van der Waals surface area (Å²) in [6.45, 7) is 3.88. The van der Waals surface area contributed by atoms with Crippen LogP contribution in [0.4, 0.5) is 0 Å². The van der Waals surface area contributed by atoms with Crippen LogP contribution < -0.4 is 5.73 Å². The van der Waals surface area contributed by atoms with E-state index in [0.29, 0.717) is 11.9 Å². The SMILES string of the molecule is CC1(C)C=CC=C(C=O)C(C(N)=O)=C1. The van der Waals surface area contributed by atoms with Crippen LogP contribution in [-0.2, 0) is 9.59 Å². The van der Waals surface area contributed by atoms with Gasteiger partial charge in [0.2, 0.25) is 5.91 Å². The summed E-state index contributed by atoms with van der Waals surface area (Å²) in [4.78, 5) is 21.8. The third-order valence-electron chi connectivity index (χ3n) is 2.02. The first-order chi connectivity index (χ1) is 6.46. The van der Waals surface area contributed by atoms with Crippen LogP contribution in [-0.4, -0.2) is 12.2 Å². The molecule has 0 unspecified atom stereocenters.